The largest absolute Gasteiger partial charge is 0.481 e. The molecule has 1 aromatic heterocycles. The number of aliphatic carboxylic acids is 3. The van der Waals surface area contributed by atoms with Crippen molar-refractivity contribution < 1.29 is 48.9 Å². The number of hydrogen-bond donors (Lipinski definition) is 9. The molecule has 0 radical (unpaired) electrons. The standard InChI is InChI=1S/C19H27N7O10/c20-9(1-2-14(28)29)16(32)24-11(4-13(21)27)18(34)25-10(3-8-6-22-7-23-8)17(33)26-12(19(35)36)5-15(30)31/h6-7,9-12H,1-5,20H2,(H2,21,27)(H,22,23)(H,24,32)(H,25,34)(H,26,33)(H,28,29)(H,30,31)(H,35,36). The quantitative estimate of drug-likeness (QED) is 0.102. The molecule has 4 amide bonds. The summed E-state index contributed by atoms with van der Waals surface area (Å²) in [5.41, 5.74) is 11.1. The van der Waals surface area contributed by atoms with Crippen molar-refractivity contribution in [2.75, 3.05) is 0 Å². The van der Waals surface area contributed by atoms with Gasteiger partial charge in [0.25, 0.3) is 0 Å². The number of primary amides is 1. The second kappa shape index (κ2) is 14.0. The third-order valence-corrected chi connectivity index (χ3v) is 4.65. The lowest BCUT2D eigenvalue weighted by Gasteiger charge is -2.24. The van der Waals surface area contributed by atoms with Crippen LogP contribution in [0.5, 0.6) is 0 Å². The molecule has 17 heteroatoms. The molecule has 4 unspecified atom stereocenters. The second-order valence-corrected chi connectivity index (χ2v) is 7.61. The lowest BCUT2D eigenvalue weighted by atomic mass is 10.1. The molecule has 0 aliphatic heterocycles. The van der Waals surface area contributed by atoms with E-state index in [1.54, 1.807) is 0 Å². The summed E-state index contributed by atoms with van der Waals surface area (Å²) in [6.45, 7) is 0. The number of imidazole rings is 1. The Kier molecular flexibility index (Phi) is 11.5. The average Bonchev–Trinajstić information content (AvgIpc) is 3.28. The SMILES string of the molecule is NC(=O)CC(NC(=O)C(N)CCC(=O)O)C(=O)NC(Cc1cnc[nH]1)C(=O)NC(CC(=O)O)C(=O)O. The molecule has 1 rings (SSSR count). The van der Waals surface area contributed by atoms with Crippen LogP contribution in [0.1, 0.15) is 31.4 Å². The molecule has 198 valence electrons. The second-order valence-electron chi connectivity index (χ2n) is 7.61. The van der Waals surface area contributed by atoms with Gasteiger partial charge in [-0.15, -0.1) is 0 Å². The Morgan fingerprint density at radius 2 is 1.44 bits per heavy atom. The molecule has 1 heterocycles. The van der Waals surface area contributed by atoms with Crippen molar-refractivity contribution in [3.05, 3.63) is 18.2 Å². The van der Waals surface area contributed by atoms with E-state index in [2.05, 4.69) is 20.6 Å². The maximum atomic E-state index is 12.9. The van der Waals surface area contributed by atoms with Gasteiger partial charge in [-0.25, -0.2) is 9.78 Å². The highest BCUT2D eigenvalue weighted by Gasteiger charge is 2.32. The molecule has 1 aromatic rings. The van der Waals surface area contributed by atoms with E-state index in [1.807, 2.05) is 5.32 Å². The van der Waals surface area contributed by atoms with Crippen molar-refractivity contribution in [1.29, 1.82) is 0 Å². The molecule has 0 spiro atoms. The summed E-state index contributed by atoms with van der Waals surface area (Å²) in [5.74, 6) is -8.45. The number of carbonyl (C=O) groups excluding carboxylic acids is 4. The fraction of sp³-hybridized carbons (Fsp3) is 0.474. The van der Waals surface area contributed by atoms with Gasteiger partial charge >= 0.3 is 17.9 Å². The molecule has 0 saturated carbocycles. The number of carboxylic acid groups (broad SMARTS) is 3. The highest BCUT2D eigenvalue weighted by atomic mass is 16.4. The van der Waals surface area contributed by atoms with Gasteiger partial charge in [0, 0.05) is 24.7 Å². The smallest absolute Gasteiger partial charge is 0.326 e. The van der Waals surface area contributed by atoms with Gasteiger partial charge in [0.2, 0.25) is 23.6 Å². The van der Waals surface area contributed by atoms with E-state index in [0.717, 1.165) is 0 Å². The Balaban J connectivity index is 3.06. The van der Waals surface area contributed by atoms with Crippen LogP contribution in [0, 0.1) is 0 Å². The van der Waals surface area contributed by atoms with E-state index >= 15 is 0 Å². The molecular formula is C19H27N7O10. The molecule has 36 heavy (non-hydrogen) atoms. The zero-order chi connectivity index (χ0) is 27.4. The normalized spacial score (nSPS) is 13.9. The van der Waals surface area contributed by atoms with Gasteiger partial charge in [-0.05, 0) is 6.42 Å². The lowest BCUT2D eigenvalue weighted by molar-refractivity contribution is -0.147. The van der Waals surface area contributed by atoms with E-state index in [1.165, 1.54) is 12.5 Å². The first-order chi connectivity index (χ1) is 16.8. The van der Waals surface area contributed by atoms with Crippen molar-refractivity contribution >= 4 is 41.5 Å². The predicted octanol–water partition coefficient (Wildman–Crippen LogP) is -3.97. The Morgan fingerprint density at radius 3 is 1.94 bits per heavy atom. The number of rotatable bonds is 16. The number of aromatic amines is 1. The van der Waals surface area contributed by atoms with E-state index in [0.29, 0.717) is 5.69 Å². The monoisotopic (exact) mass is 513 g/mol. The number of hydrogen-bond acceptors (Lipinski definition) is 9. The summed E-state index contributed by atoms with van der Waals surface area (Å²) >= 11 is 0. The first kappa shape index (κ1) is 29.5. The Bertz CT molecular complexity index is 981. The van der Waals surface area contributed by atoms with Crippen LogP contribution in [0.15, 0.2) is 12.5 Å². The Hall–Kier alpha value is -4.54. The fourth-order valence-corrected chi connectivity index (χ4v) is 2.84. The van der Waals surface area contributed by atoms with Crippen LogP contribution in [0.2, 0.25) is 0 Å². The van der Waals surface area contributed by atoms with Crippen LogP contribution in [-0.2, 0) is 40.0 Å². The Morgan fingerprint density at radius 1 is 0.861 bits per heavy atom. The number of aromatic nitrogens is 2. The zero-order valence-corrected chi connectivity index (χ0v) is 18.8. The van der Waals surface area contributed by atoms with Crippen LogP contribution >= 0.6 is 0 Å². The molecule has 4 atom stereocenters. The summed E-state index contributed by atoms with van der Waals surface area (Å²) in [4.78, 5) is 88.7. The minimum atomic E-state index is -1.82. The maximum Gasteiger partial charge on any atom is 0.326 e. The highest BCUT2D eigenvalue weighted by molar-refractivity contribution is 5.96. The maximum absolute atomic E-state index is 12.9. The van der Waals surface area contributed by atoms with Crippen molar-refractivity contribution in [2.24, 2.45) is 11.5 Å². The van der Waals surface area contributed by atoms with E-state index in [9.17, 15) is 38.7 Å². The summed E-state index contributed by atoms with van der Waals surface area (Å²) in [5, 5.41) is 33.2. The Labute approximate surface area is 203 Å². The fourth-order valence-electron chi connectivity index (χ4n) is 2.84. The average molecular weight is 513 g/mol. The number of carboxylic acids is 3. The number of nitrogens with one attached hydrogen (secondary N) is 4. The summed E-state index contributed by atoms with van der Waals surface area (Å²) in [6.07, 6.45) is -0.0370. The number of nitrogens with zero attached hydrogens (tertiary/aromatic N) is 1. The summed E-state index contributed by atoms with van der Waals surface area (Å²) < 4.78 is 0. The molecule has 0 aliphatic carbocycles. The number of carbonyl (C=O) groups is 7. The van der Waals surface area contributed by atoms with Gasteiger partial charge in [0.1, 0.15) is 18.1 Å². The van der Waals surface area contributed by atoms with Crippen LogP contribution in [-0.4, -0.2) is 91.0 Å². The third-order valence-electron chi connectivity index (χ3n) is 4.65. The minimum Gasteiger partial charge on any atom is -0.481 e. The number of amides is 4. The van der Waals surface area contributed by atoms with Crippen molar-refractivity contribution in [2.45, 2.75) is 56.3 Å². The van der Waals surface area contributed by atoms with Gasteiger partial charge in [0.05, 0.1) is 25.2 Å². The van der Waals surface area contributed by atoms with Crippen molar-refractivity contribution in [3.63, 3.8) is 0 Å². The summed E-state index contributed by atoms with van der Waals surface area (Å²) in [7, 11) is 0. The molecule has 0 saturated heterocycles. The molecular weight excluding hydrogens is 486 g/mol. The first-order valence-electron chi connectivity index (χ1n) is 10.4. The predicted molar refractivity (Wildman–Crippen MR) is 117 cm³/mol. The number of nitrogens with two attached hydrogens (primary N) is 2. The van der Waals surface area contributed by atoms with Crippen LogP contribution in [0.3, 0.4) is 0 Å². The molecule has 0 fully saturated rings. The van der Waals surface area contributed by atoms with Gasteiger partial charge in [-0.1, -0.05) is 0 Å². The van der Waals surface area contributed by atoms with Crippen LogP contribution in [0.4, 0.5) is 0 Å². The van der Waals surface area contributed by atoms with Crippen molar-refractivity contribution in [1.82, 2.24) is 25.9 Å². The molecule has 17 nitrogen and oxygen atoms in total. The minimum absolute atomic E-state index is 0.258. The van der Waals surface area contributed by atoms with E-state index < -0.39 is 85.0 Å². The topological polar surface area (TPSA) is 297 Å². The summed E-state index contributed by atoms with van der Waals surface area (Å²) in [6, 6.07) is -6.26. The molecule has 11 N–H and O–H groups in total. The molecule has 0 aromatic carbocycles. The van der Waals surface area contributed by atoms with Crippen LogP contribution in [0.25, 0.3) is 0 Å². The van der Waals surface area contributed by atoms with E-state index in [-0.39, 0.29) is 12.8 Å². The molecule has 0 aliphatic rings. The molecule has 0 bridgehead atoms. The van der Waals surface area contributed by atoms with Gasteiger partial charge in [0.15, 0.2) is 0 Å². The van der Waals surface area contributed by atoms with Gasteiger partial charge in [-0.2, -0.15) is 0 Å². The van der Waals surface area contributed by atoms with Crippen LogP contribution < -0.4 is 27.4 Å². The lowest BCUT2D eigenvalue weighted by Crippen LogP contribution is -2.58. The van der Waals surface area contributed by atoms with E-state index in [4.69, 9.17) is 21.7 Å². The first-order valence-corrected chi connectivity index (χ1v) is 10.4. The zero-order valence-electron chi connectivity index (χ0n) is 18.8. The highest BCUT2D eigenvalue weighted by Crippen LogP contribution is 2.04. The van der Waals surface area contributed by atoms with Crippen molar-refractivity contribution in [3.8, 4) is 0 Å². The number of H-pyrrole nitrogens is 1. The van der Waals surface area contributed by atoms with Gasteiger partial charge in [-0.3, -0.25) is 28.8 Å². The van der Waals surface area contributed by atoms with Gasteiger partial charge < -0.3 is 47.7 Å². The third kappa shape index (κ3) is 10.6.